The fourth-order valence-corrected chi connectivity index (χ4v) is 4.63. The lowest BCUT2D eigenvalue weighted by Crippen LogP contribution is -2.23. The summed E-state index contributed by atoms with van der Waals surface area (Å²) >= 11 is 0. The van der Waals surface area contributed by atoms with Crippen molar-refractivity contribution in [1.29, 1.82) is 0 Å². The van der Waals surface area contributed by atoms with E-state index in [0.717, 1.165) is 18.4 Å². The van der Waals surface area contributed by atoms with E-state index in [4.69, 9.17) is 0 Å². The van der Waals surface area contributed by atoms with Gasteiger partial charge in [-0.2, -0.15) is 0 Å². The van der Waals surface area contributed by atoms with E-state index < -0.39 is 15.6 Å². The lowest BCUT2D eigenvalue weighted by molar-refractivity contribution is 0.594. The number of sulfonamides is 1. The predicted octanol–water partition coefficient (Wildman–Crippen LogP) is 4.05. The molecule has 0 radical (unpaired) electrons. The summed E-state index contributed by atoms with van der Waals surface area (Å²) in [7, 11) is -2.12. The van der Waals surface area contributed by atoms with E-state index in [-0.39, 0.29) is 16.5 Å². The van der Waals surface area contributed by atoms with Crippen LogP contribution in [0.15, 0.2) is 64.3 Å². The molecule has 3 rings (SSSR count). The maximum Gasteiger partial charge on any atom is 0.296 e. The van der Waals surface area contributed by atoms with Crippen LogP contribution < -0.4 is 10.3 Å². The number of hydrogen-bond donors (Lipinski definition) is 1. The van der Waals surface area contributed by atoms with Crippen LogP contribution in [0.5, 0.6) is 0 Å². The molecule has 0 unspecified atom stereocenters. The van der Waals surface area contributed by atoms with Crippen molar-refractivity contribution in [3.05, 3.63) is 76.2 Å². The normalized spacial score (nSPS) is 11.8. The number of benzene rings is 2. The first-order valence-corrected chi connectivity index (χ1v) is 11.2. The summed E-state index contributed by atoms with van der Waals surface area (Å²) in [5, 5.41) is 0. The van der Waals surface area contributed by atoms with Gasteiger partial charge < -0.3 is 0 Å². The first kappa shape index (κ1) is 20.9. The van der Waals surface area contributed by atoms with Gasteiger partial charge >= 0.3 is 0 Å². The third-order valence-corrected chi connectivity index (χ3v) is 6.23. The molecule has 0 spiro atoms. The number of anilines is 1. The molecule has 6 nitrogen and oxygen atoms in total. The molecule has 0 aliphatic carbocycles. The highest BCUT2D eigenvalue weighted by molar-refractivity contribution is 7.92. The highest BCUT2D eigenvalue weighted by Gasteiger charge is 2.25. The van der Waals surface area contributed by atoms with E-state index in [2.05, 4.69) is 11.6 Å². The maximum absolute atomic E-state index is 13.2. The maximum atomic E-state index is 13.2. The largest absolute Gasteiger partial charge is 0.296 e. The van der Waals surface area contributed by atoms with Gasteiger partial charge in [-0.25, -0.2) is 13.1 Å². The van der Waals surface area contributed by atoms with E-state index in [1.165, 1.54) is 4.68 Å². The van der Waals surface area contributed by atoms with Crippen molar-refractivity contribution in [3.63, 3.8) is 0 Å². The number of nitrogens with zero attached hydrogens (tertiary/aromatic N) is 2. The second kappa shape index (κ2) is 8.29. The van der Waals surface area contributed by atoms with Crippen molar-refractivity contribution >= 4 is 15.7 Å². The fourth-order valence-electron chi connectivity index (χ4n) is 3.56. The van der Waals surface area contributed by atoms with Crippen LogP contribution in [-0.4, -0.2) is 17.8 Å². The van der Waals surface area contributed by atoms with Crippen LogP contribution in [-0.2, 0) is 23.5 Å². The van der Waals surface area contributed by atoms with E-state index in [9.17, 15) is 13.2 Å². The Morgan fingerprint density at radius 1 is 1.00 bits per heavy atom. The zero-order chi connectivity index (χ0) is 21.2. The first-order valence-electron chi connectivity index (χ1n) is 9.75. The number of para-hydroxylation sites is 1. The molecule has 0 amide bonds. The van der Waals surface area contributed by atoms with Gasteiger partial charge in [0.15, 0.2) is 0 Å². The highest BCUT2D eigenvalue weighted by atomic mass is 32.2. The van der Waals surface area contributed by atoms with Crippen molar-refractivity contribution < 1.29 is 8.42 Å². The molecule has 154 valence electrons. The molecular formula is C22H27N3O3S. The van der Waals surface area contributed by atoms with Gasteiger partial charge in [0.05, 0.1) is 16.3 Å². The fraction of sp³-hybridized carbons (Fsp3) is 0.318. The van der Waals surface area contributed by atoms with E-state index >= 15 is 0 Å². The summed E-state index contributed by atoms with van der Waals surface area (Å²) in [5.74, 6) is -0.0534. The molecule has 29 heavy (non-hydrogen) atoms. The standard InChI is InChI=1S/C22H27N3O3S/c1-5-9-17-12-14-19(15-13-17)29(27,28)23-20-21(16(2)3)24(4)25(22(20)26)18-10-7-6-8-11-18/h6-8,10-16,23H,5,9H2,1-4H3. The smallest absolute Gasteiger partial charge is 0.283 e. The zero-order valence-electron chi connectivity index (χ0n) is 17.2. The van der Waals surface area contributed by atoms with Crippen molar-refractivity contribution in [1.82, 2.24) is 9.36 Å². The zero-order valence-corrected chi connectivity index (χ0v) is 18.0. The molecule has 0 bridgehead atoms. The first-order chi connectivity index (χ1) is 13.8. The molecule has 0 saturated carbocycles. The molecule has 0 aliphatic heterocycles. The molecule has 0 aliphatic rings. The Morgan fingerprint density at radius 3 is 2.17 bits per heavy atom. The Kier molecular flexibility index (Phi) is 5.98. The lowest BCUT2D eigenvalue weighted by atomic mass is 10.1. The Morgan fingerprint density at radius 2 is 1.62 bits per heavy atom. The van der Waals surface area contributed by atoms with Gasteiger partial charge in [0.1, 0.15) is 5.69 Å². The topological polar surface area (TPSA) is 73.1 Å². The summed E-state index contributed by atoms with van der Waals surface area (Å²) in [6.07, 6.45) is 1.89. The van der Waals surface area contributed by atoms with Gasteiger partial charge in [0.2, 0.25) is 0 Å². The molecule has 0 atom stereocenters. The summed E-state index contributed by atoms with van der Waals surface area (Å²) in [6, 6.07) is 16.0. The minimum absolute atomic E-state index is 0.0534. The van der Waals surface area contributed by atoms with Crippen LogP contribution in [0, 0.1) is 0 Å². The average Bonchev–Trinajstić information content (AvgIpc) is 2.92. The molecular weight excluding hydrogens is 386 g/mol. The molecule has 2 aromatic carbocycles. The van der Waals surface area contributed by atoms with Crippen LogP contribution in [0.2, 0.25) is 0 Å². The predicted molar refractivity (Wildman–Crippen MR) is 116 cm³/mol. The van der Waals surface area contributed by atoms with E-state index in [1.807, 2.05) is 56.3 Å². The highest BCUT2D eigenvalue weighted by Crippen LogP contribution is 2.25. The van der Waals surface area contributed by atoms with Crippen LogP contribution >= 0.6 is 0 Å². The van der Waals surface area contributed by atoms with Crippen LogP contribution in [0.25, 0.3) is 5.69 Å². The Balaban J connectivity index is 2.07. The van der Waals surface area contributed by atoms with Gasteiger partial charge in [-0.3, -0.25) is 14.2 Å². The SMILES string of the molecule is CCCc1ccc(S(=O)(=O)Nc2c(C(C)C)n(C)n(-c3ccccc3)c2=O)cc1. The molecule has 1 aromatic heterocycles. The number of rotatable bonds is 7. The van der Waals surface area contributed by atoms with Crippen LogP contribution in [0.4, 0.5) is 5.69 Å². The third-order valence-electron chi connectivity index (χ3n) is 4.87. The Hall–Kier alpha value is -2.80. The number of hydrogen-bond acceptors (Lipinski definition) is 3. The molecule has 3 aromatic rings. The molecule has 0 saturated heterocycles. The van der Waals surface area contributed by atoms with Gasteiger partial charge in [0.25, 0.3) is 15.6 Å². The molecule has 0 fully saturated rings. The number of nitrogens with one attached hydrogen (secondary N) is 1. The Labute approximate surface area is 171 Å². The monoisotopic (exact) mass is 413 g/mol. The molecule has 1 heterocycles. The van der Waals surface area contributed by atoms with E-state index in [0.29, 0.717) is 11.4 Å². The van der Waals surface area contributed by atoms with E-state index in [1.54, 1.807) is 23.9 Å². The number of aromatic nitrogens is 2. The molecule has 1 N–H and O–H groups in total. The van der Waals surface area contributed by atoms with Crippen LogP contribution in [0.1, 0.15) is 44.4 Å². The summed E-state index contributed by atoms with van der Waals surface area (Å²) in [4.78, 5) is 13.3. The van der Waals surface area contributed by atoms with Crippen molar-refractivity contribution in [2.24, 2.45) is 7.05 Å². The van der Waals surface area contributed by atoms with Gasteiger partial charge in [-0.1, -0.05) is 57.5 Å². The van der Waals surface area contributed by atoms with Crippen LogP contribution in [0.3, 0.4) is 0 Å². The third kappa shape index (κ3) is 4.15. The summed E-state index contributed by atoms with van der Waals surface area (Å²) in [5.41, 5.74) is 2.08. The Bertz CT molecular complexity index is 1140. The van der Waals surface area contributed by atoms with Gasteiger partial charge in [-0.15, -0.1) is 0 Å². The number of aryl methyl sites for hydroxylation is 1. The molecule has 7 heteroatoms. The quantitative estimate of drug-likeness (QED) is 0.635. The second-order valence-corrected chi connectivity index (χ2v) is 9.07. The minimum Gasteiger partial charge on any atom is -0.283 e. The van der Waals surface area contributed by atoms with Gasteiger partial charge in [-0.05, 0) is 42.2 Å². The summed E-state index contributed by atoms with van der Waals surface area (Å²) in [6.45, 7) is 5.94. The summed E-state index contributed by atoms with van der Waals surface area (Å²) < 4.78 is 31.7. The minimum atomic E-state index is -3.89. The van der Waals surface area contributed by atoms with Crippen molar-refractivity contribution in [3.8, 4) is 5.69 Å². The van der Waals surface area contributed by atoms with Crippen molar-refractivity contribution in [2.75, 3.05) is 4.72 Å². The lowest BCUT2D eigenvalue weighted by Gasteiger charge is -2.13. The second-order valence-electron chi connectivity index (χ2n) is 7.39. The average molecular weight is 414 g/mol. The van der Waals surface area contributed by atoms with Crippen molar-refractivity contribution in [2.45, 2.75) is 44.4 Å². The van der Waals surface area contributed by atoms with Gasteiger partial charge in [0, 0.05) is 7.05 Å².